The van der Waals surface area contributed by atoms with Crippen molar-refractivity contribution in [2.75, 3.05) is 7.11 Å². The van der Waals surface area contributed by atoms with Crippen molar-refractivity contribution in [3.8, 4) is 5.75 Å². The number of benzene rings is 1. The lowest BCUT2D eigenvalue weighted by Gasteiger charge is -2.04. The monoisotopic (exact) mass is 229 g/mol. The fraction of sp³-hybridized carbons (Fsp3) is 0.308. The van der Waals surface area contributed by atoms with Gasteiger partial charge in [0.05, 0.1) is 19.3 Å². The van der Waals surface area contributed by atoms with Gasteiger partial charge in [0.15, 0.2) is 0 Å². The van der Waals surface area contributed by atoms with E-state index in [0.29, 0.717) is 0 Å². The highest BCUT2D eigenvalue weighted by Crippen LogP contribution is 2.15. The molecule has 0 bridgehead atoms. The Bertz CT molecular complexity index is 494. The smallest absolute Gasteiger partial charge is 0.118 e. The van der Waals surface area contributed by atoms with Crippen LogP contribution in [0.25, 0.3) is 0 Å². The van der Waals surface area contributed by atoms with Gasteiger partial charge in [0.25, 0.3) is 0 Å². The van der Waals surface area contributed by atoms with Crippen molar-refractivity contribution < 1.29 is 4.74 Å². The van der Waals surface area contributed by atoms with Gasteiger partial charge in [0, 0.05) is 24.8 Å². The SMILES string of the molecule is COc1ccc(Cn2cc3c(n2)CNC3)cc1. The van der Waals surface area contributed by atoms with Gasteiger partial charge in [0.2, 0.25) is 0 Å². The normalized spacial score (nSPS) is 13.7. The maximum atomic E-state index is 5.14. The van der Waals surface area contributed by atoms with Crippen molar-refractivity contribution in [2.24, 2.45) is 0 Å². The van der Waals surface area contributed by atoms with Crippen molar-refractivity contribution in [2.45, 2.75) is 19.6 Å². The van der Waals surface area contributed by atoms with Crippen molar-refractivity contribution in [1.29, 1.82) is 0 Å². The highest BCUT2D eigenvalue weighted by molar-refractivity contribution is 5.28. The quantitative estimate of drug-likeness (QED) is 0.867. The lowest BCUT2D eigenvalue weighted by Crippen LogP contribution is -2.06. The van der Waals surface area contributed by atoms with E-state index in [2.05, 4.69) is 28.7 Å². The van der Waals surface area contributed by atoms with Crippen LogP contribution in [-0.4, -0.2) is 16.9 Å². The molecule has 1 aromatic heterocycles. The Balaban J connectivity index is 1.76. The fourth-order valence-corrected chi connectivity index (χ4v) is 2.11. The summed E-state index contributed by atoms with van der Waals surface area (Å²) in [4.78, 5) is 0. The summed E-state index contributed by atoms with van der Waals surface area (Å²) in [6, 6.07) is 8.11. The summed E-state index contributed by atoms with van der Waals surface area (Å²) < 4.78 is 7.15. The van der Waals surface area contributed by atoms with Crippen LogP contribution in [0.1, 0.15) is 16.8 Å². The molecule has 0 radical (unpaired) electrons. The second kappa shape index (κ2) is 4.22. The molecule has 2 heterocycles. The van der Waals surface area contributed by atoms with Crippen molar-refractivity contribution >= 4 is 0 Å². The Morgan fingerprint density at radius 1 is 1.29 bits per heavy atom. The summed E-state index contributed by atoms with van der Waals surface area (Å²) in [7, 11) is 1.68. The van der Waals surface area contributed by atoms with E-state index in [1.807, 2.05) is 16.8 Å². The minimum absolute atomic E-state index is 0.816. The van der Waals surface area contributed by atoms with Gasteiger partial charge >= 0.3 is 0 Å². The zero-order chi connectivity index (χ0) is 11.7. The van der Waals surface area contributed by atoms with Crippen LogP contribution < -0.4 is 10.1 Å². The molecule has 0 fully saturated rings. The molecule has 1 aromatic carbocycles. The first-order valence-corrected chi connectivity index (χ1v) is 5.74. The zero-order valence-electron chi connectivity index (χ0n) is 9.81. The number of ether oxygens (including phenoxy) is 1. The molecule has 0 spiro atoms. The van der Waals surface area contributed by atoms with Crippen LogP contribution in [0.3, 0.4) is 0 Å². The van der Waals surface area contributed by atoms with E-state index >= 15 is 0 Å². The van der Waals surface area contributed by atoms with Gasteiger partial charge in [-0.3, -0.25) is 4.68 Å². The molecule has 0 unspecified atom stereocenters. The van der Waals surface area contributed by atoms with Crippen LogP contribution >= 0.6 is 0 Å². The van der Waals surface area contributed by atoms with Gasteiger partial charge in [-0.15, -0.1) is 0 Å². The Morgan fingerprint density at radius 2 is 2.12 bits per heavy atom. The molecular formula is C13H15N3O. The number of hydrogen-bond donors (Lipinski definition) is 1. The van der Waals surface area contributed by atoms with Crippen LogP contribution in [0.5, 0.6) is 5.75 Å². The molecule has 4 heteroatoms. The lowest BCUT2D eigenvalue weighted by atomic mass is 10.2. The molecule has 4 nitrogen and oxygen atoms in total. The number of nitrogens with one attached hydrogen (secondary N) is 1. The zero-order valence-corrected chi connectivity index (χ0v) is 9.81. The topological polar surface area (TPSA) is 39.1 Å². The Kier molecular flexibility index (Phi) is 2.57. The lowest BCUT2D eigenvalue weighted by molar-refractivity contribution is 0.414. The number of methoxy groups -OCH3 is 1. The number of nitrogens with zero attached hydrogens (tertiary/aromatic N) is 2. The van der Waals surface area contributed by atoms with Gasteiger partial charge < -0.3 is 10.1 Å². The van der Waals surface area contributed by atoms with E-state index in [1.54, 1.807) is 7.11 Å². The average Bonchev–Trinajstić information content (AvgIpc) is 2.90. The molecule has 0 aliphatic carbocycles. The first-order chi connectivity index (χ1) is 8.35. The summed E-state index contributed by atoms with van der Waals surface area (Å²) in [5.74, 6) is 0.890. The standard InChI is InChI=1S/C13H15N3O/c1-17-12-4-2-10(3-5-12)8-16-9-11-6-14-7-13(11)15-16/h2-5,9,14H,6-8H2,1H3. The molecule has 1 aliphatic rings. The van der Waals surface area contributed by atoms with Crippen molar-refractivity contribution in [1.82, 2.24) is 15.1 Å². The molecule has 0 saturated heterocycles. The maximum absolute atomic E-state index is 5.14. The highest BCUT2D eigenvalue weighted by atomic mass is 16.5. The van der Waals surface area contributed by atoms with Crippen LogP contribution in [-0.2, 0) is 19.6 Å². The maximum Gasteiger partial charge on any atom is 0.118 e. The second-order valence-corrected chi connectivity index (χ2v) is 4.25. The van der Waals surface area contributed by atoms with E-state index < -0.39 is 0 Å². The summed E-state index contributed by atoms with van der Waals surface area (Å²) in [6.45, 7) is 2.65. The Hall–Kier alpha value is -1.81. The highest BCUT2D eigenvalue weighted by Gasteiger charge is 2.14. The molecule has 17 heavy (non-hydrogen) atoms. The number of rotatable bonds is 3. The fourth-order valence-electron chi connectivity index (χ4n) is 2.11. The van der Waals surface area contributed by atoms with E-state index in [9.17, 15) is 0 Å². The molecule has 2 aromatic rings. The predicted molar refractivity (Wildman–Crippen MR) is 64.9 cm³/mol. The molecule has 88 valence electrons. The summed E-state index contributed by atoms with van der Waals surface area (Å²) >= 11 is 0. The largest absolute Gasteiger partial charge is 0.497 e. The molecular weight excluding hydrogens is 214 g/mol. The van der Waals surface area contributed by atoms with Crippen LogP contribution in [0.4, 0.5) is 0 Å². The molecule has 1 aliphatic heterocycles. The van der Waals surface area contributed by atoms with Gasteiger partial charge in [0.1, 0.15) is 5.75 Å². The third kappa shape index (κ3) is 2.03. The summed E-state index contributed by atoms with van der Waals surface area (Å²) in [5, 5.41) is 7.83. The Morgan fingerprint density at radius 3 is 2.82 bits per heavy atom. The third-order valence-corrected chi connectivity index (χ3v) is 3.04. The van der Waals surface area contributed by atoms with Gasteiger partial charge in [-0.25, -0.2) is 0 Å². The first-order valence-electron chi connectivity index (χ1n) is 5.74. The van der Waals surface area contributed by atoms with Crippen molar-refractivity contribution in [3.63, 3.8) is 0 Å². The number of aromatic nitrogens is 2. The van der Waals surface area contributed by atoms with Crippen LogP contribution in [0.2, 0.25) is 0 Å². The van der Waals surface area contributed by atoms with Gasteiger partial charge in [-0.2, -0.15) is 5.10 Å². The molecule has 1 N–H and O–H groups in total. The van der Waals surface area contributed by atoms with E-state index in [1.165, 1.54) is 16.8 Å². The van der Waals surface area contributed by atoms with Crippen LogP contribution in [0.15, 0.2) is 30.5 Å². The minimum atomic E-state index is 0.816. The van der Waals surface area contributed by atoms with Crippen molar-refractivity contribution in [3.05, 3.63) is 47.3 Å². The minimum Gasteiger partial charge on any atom is -0.497 e. The molecule has 0 atom stereocenters. The second-order valence-electron chi connectivity index (χ2n) is 4.25. The predicted octanol–water partition coefficient (Wildman–Crippen LogP) is 1.54. The molecule has 0 saturated carbocycles. The molecule has 0 amide bonds. The number of hydrogen-bond acceptors (Lipinski definition) is 3. The summed E-state index contributed by atoms with van der Waals surface area (Å²) in [5.41, 5.74) is 3.73. The Labute approximate surface area is 100 Å². The first kappa shape index (κ1) is 10.4. The van der Waals surface area contributed by atoms with Gasteiger partial charge in [-0.05, 0) is 17.7 Å². The van der Waals surface area contributed by atoms with E-state index in [0.717, 1.165) is 25.4 Å². The van der Waals surface area contributed by atoms with Crippen LogP contribution in [0, 0.1) is 0 Å². The van der Waals surface area contributed by atoms with Gasteiger partial charge in [-0.1, -0.05) is 12.1 Å². The molecule has 3 rings (SSSR count). The van der Waals surface area contributed by atoms with E-state index in [4.69, 9.17) is 4.74 Å². The number of fused-ring (bicyclic) bond motifs is 1. The third-order valence-electron chi connectivity index (χ3n) is 3.04. The summed E-state index contributed by atoms with van der Waals surface area (Å²) in [6.07, 6.45) is 2.12. The van der Waals surface area contributed by atoms with E-state index in [-0.39, 0.29) is 0 Å². The average molecular weight is 229 g/mol.